The van der Waals surface area contributed by atoms with Gasteiger partial charge >= 0.3 is 5.97 Å². The van der Waals surface area contributed by atoms with Gasteiger partial charge in [-0.2, -0.15) is 0 Å². The summed E-state index contributed by atoms with van der Waals surface area (Å²) >= 11 is 0. The average Bonchev–Trinajstić information content (AvgIpc) is 3.13. The van der Waals surface area contributed by atoms with E-state index in [9.17, 15) is 18.0 Å². The monoisotopic (exact) mass is 395 g/mol. The molecule has 8 nitrogen and oxygen atoms in total. The fourth-order valence-electron chi connectivity index (χ4n) is 3.02. The van der Waals surface area contributed by atoms with Gasteiger partial charge < -0.3 is 19.2 Å². The zero-order chi connectivity index (χ0) is 19.8. The molecule has 2 aromatic rings. The highest BCUT2D eigenvalue weighted by Gasteiger charge is 2.31. The molecule has 9 heteroatoms. The van der Waals surface area contributed by atoms with Crippen molar-refractivity contribution in [3.05, 3.63) is 29.5 Å². The molecule has 1 amide bonds. The van der Waals surface area contributed by atoms with Crippen molar-refractivity contribution in [3.8, 4) is 5.75 Å². The van der Waals surface area contributed by atoms with Crippen LogP contribution in [0.25, 0.3) is 11.0 Å². The van der Waals surface area contributed by atoms with Gasteiger partial charge in [-0.15, -0.1) is 0 Å². The zero-order valence-corrected chi connectivity index (χ0v) is 16.1. The second-order valence-corrected chi connectivity index (χ2v) is 8.80. The molecular weight excluding hydrogens is 374 g/mol. The number of furan rings is 1. The van der Waals surface area contributed by atoms with Crippen molar-refractivity contribution in [2.75, 3.05) is 18.6 Å². The van der Waals surface area contributed by atoms with Crippen molar-refractivity contribution in [1.82, 2.24) is 5.32 Å². The Kier molecular flexibility index (Phi) is 5.14. The smallest absolute Gasteiger partial charge is 0.375 e. The minimum atomic E-state index is -3.11. The average molecular weight is 395 g/mol. The molecule has 2 heterocycles. The summed E-state index contributed by atoms with van der Waals surface area (Å²) < 4.78 is 38.9. The number of carbonyl (C=O) groups excluding carboxylic acids is 2. The van der Waals surface area contributed by atoms with Crippen LogP contribution >= 0.6 is 0 Å². The third kappa shape index (κ3) is 4.08. The molecule has 0 unspecified atom stereocenters. The van der Waals surface area contributed by atoms with Crippen molar-refractivity contribution in [3.63, 3.8) is 0 Å². The molecule has 0 spiro atoms. The number of hydrogen-bond donors (Lipinski definition) is 1. The van der Waals surface area contributed by atoms with E-state index >= 15 is 0 Å². The van der Waals surface area contributed by atoms with E-state index in [1.165, 1.54) is 6.92 Å². The third-order valence-electron chi connectivity index (χ3n) is 4.56. The largest absolute Gasteiger partial charge is 0.497 e. The van der Waals surface area contributed by atoms with Crippen molar-refractivity contribution in [2.45, 2.75) is 32.4 Å². The van der Waals surface area contributed by atoms with Gasteiger partial charge in [-0.05, 0) is 38.5 Å². The lowest BCUT2D eigenvalue weighted by atomic mass is 10.1. The number of carbonyl (C=O) groups is 2. The summed E-state index contributed by atoms with van der Waals surface area (Å²) in [5, 5.41) is 3.32. The number of benzene rings is 1. The van der Waals surface area contributed by atoms with Crippen LogP contribution in [-0.2, 0) is 19.4 Å². The SMILES string of the molecule is COc1ccc2oc(C(=O)O[C@@H](C)C(=O)N[C@H]3CCS(=O)(=O)C3)c(C)c2c1. The van der Waals surface area contributed by atoms with Crippen molar-refractivity contribution >= 4 is 32.7 Å². The molecule has 1 aromatic carbocycles. The number of rotatable bonds is 5. The van der Waals surface area contributed by atoms with Crippen LogP contribution in [0.2, 0.25) is 0 Å². The predicted octanol–water partition coefficient (Wildman–Crippen LogP) is 1.60. The summed E-state index contributed by atoms with van der Waals surface area (Å²) in [4.78, 5) is 24.6. The van der Waals surface area contributed by atoms with Gasteiger partial charge in [-0.1, -0.05) is 0 Å². The maximum absolute atomic E-state index is 12.4. The van der Waals surface area contributed by atoms with Crippen LogP contribution in [0.1, 0.15) is 29.5 Å². The second kappa shape index (κ2) is 7.22. The summed E-state index contributed by atoms with van der Waals surface area (Å²) in [5.74, 6) is -0.699. The molecule has 146 valence electrons. The maximum Gasteiger partial charge on any atom is 0.375 e. The van der Waals surface area contributed by atoms with Gasteiger partial charge in [0.05, 0.1) is 18.6 Å². The highest BCUT2D eigenvalue weighted by atomic mass is 32.2. The van der Waals surface area contributed by atoms with Crippen LogP contribution in [0, 0.1) is 6.92 Å². The van der Waals surface area contributed by atoms with Crippen molar-refractivity contribution < 1.29 is 31.9 Å². The molecule has 0 bridgehead atoms. The van der Waals surface area contributed by atoms with Gasteiger partial charge in [0.1, 0.15) is 11.3 Å². The number of ether oxygens (including phenoxy) is 2. The summed E-state index contributed by atoms with van der Waals surface area (Å²) in [6.45, 7) is 3.15. The fraction of sp³-hybridized carbons (Fsp3) is 0.444. The van der Waals surface area contributed by atoms with Crippen LogP contribution in [0.5, 0.6) is 5.75 Å². The summed E-state index contributed by atoms with van der Waals surface area (Å²) in [5.41, 5.74) is 1.09. The lowest BCUT2D eigenvalue weighted by Crippen LogP contribution is -2.42. The number of nitrogens with one attached hydrogen (secondary N) is 1. The summed E-state index contributed by atoms with van der Waals surface area (Å²) in [7, 11) is -1.56. The van der Waals surface area contributed by atoms with E-state index < -0.39 is 33.9 Å². The first-order valence-corrected chi connectivity index (χ1v) is 10.3. The number of fused-ring (bicyclic) bond motifs is 1. The van der Waals surface area contributed by atoms with Gasteiger partial charge in [-0.3, -0.25) is 4.79 Å². The Labute approximate surface area is 156 Å². The van der Waals surface area contributed by atoms with Crippen LogP contribution in [0.3, 0.4) is 0 Å². The molecule has 1 aliphatic rings. The standard InChI is InChI=1S/C18H21NO7S/c1-10-14-8-13(24-3)4-5-15(14)26-16(10)18(21)25-11(2)17(20)19-12-6-7-27(22,23)9-12/h4-5,8,11-12H,6-7,9H2,1-3H3,(H,19,20)/t11-,12-/m0/s1. The van der Waals surface area contributed by atoms with E-state index in [4.69, 9.17) is 13.9 Å². The topological polar surface area (TPSA) is 112 Å². The van der Waals surface area contributed by atoms with Crippen molar-refractivity contribution in [1.29, 1.82) is 0 Å². The first-order valence-electron chi connectivity index (χ1n) is 8.49. The van der Waals surface area contributed by atoms with E-state index in [1.54, 1.807) is 32.2 Å². The molecular formula is C18H21NO7S. The van der Waals surface area contributed by atoms with Crippen LogP contribution in [0.15, 0.2) is 22.6 Å². The van der Waals surface area contributed by atoms with E-state index in [2.05, 4.69) is 5.32 Å². The lowest BCUT2D eigenvalue weighted by Gasteiger charge is -2.16. The number of methoxy groups -OCH3 is 1. The molecule has 1 fully saturated rings. The lowest BCUT2D eigenvalue weighted by molar-refractivity contribution is -0.129. The molecule has 1 saturated heterocycles. The normalized spacial score (nSPS) is 19.6. The first kappa shape index (κ1) is 19.2. The van der Waals surface area contributed by atoms with E-state index in [-0.39, 0.29) is 17.3 Å². The van der Waals surface area contributed by atoms with Gasteiger partial charge in [0.2, 0.25) is 5.76 Å². The van der Waals surface area contributed by atoms with Crippen molar-refractivity contribution in [2.24, 2.45) is 0 Å². The summed E-state index contributed by atoms with van der Waals surface area (Å²) in [6, 6.07) is 4.70. The van der Waals surface area contributed by atoms with E-state index in [1.807, 2.05) is 0 Å². The van der Waals surface area contributed by atoms with E-state index in [0.717, 1.165) is 5.39 Å². The van der Waals surface area contributed by atoms with Gasteiger partial charge in [0, 0.05) is 17.0 Å². The first-order chi connectivity index (χ1) is 12.7. The quantitative estimate of drug-likeness (QED) is 0.765. The Balaban J connectivity index is 1.68. The molecule has 0 aliphatic carbocycles. The summed E-state index contributed by atoms with van der Waals surface area (Å²) in [6.07, 6.45) is -0.720. The second-order valence-electron chi connectivity index (χ2n) is 6.57. The number of aryl methyl sites for hydroxylation is 1. The fourth-order valence-corrected chi connectivity index (χ4v) is 4.69. The van der Waals surface area contributed by atoms with Gasteiger partial charge in [0.25, 0.3) is 5.91 Å². The number of amides is 1. The molecule has 27 heavy (non-hydrogen) atoms. The molecule has 1 N–H and O–H groups in total. The minimum absolute atomic E-state index is 0.0151. The molecule has 3 rings (SSSR count). The van der Waals surface area contributed by atoms with Crippen LogP contribution in [-0.4, -0.2) is 51.1 Å². The Morgan fingerprint density at radius 1 is 1.33 bits per heavy atom. The van der Waals surface area contributed by atoms with Gasteiger partial charge in [-0.25, -0.2) is 13.2 Å². The minimum Gasteiger partial charge on any atom is -0.497 e. The number of sulfone groups is 1. The highest BCUT2D eigenvalue weighted by molar-refractivity contribution is 7.91. The Morgan fingerprint density at radius 3 is 2.70 bits per heavy atom. The Hall–Kier alpha value is -2.55. The number of hydrogen-bond acceptors (Lipinski definition) is 7. The van der Waals surface area contributed by atoms with Gasteiger partial charge in [0.15, 0.2) is 15.9 Å². The van der Waals surface area contributed by atoms with Crippen LogP contribution < -0.4 is 10.1 Å². The number of esters is 1. The zero-order valence-electron chi connectivity index (χ0n) is 15.3. The molecule has 1 aromatic heterocycles. The Bertz CT molecular complexity index is 993. The van der Waals surface area contributed by atoms with E-state index in [0.29, 0.717) is 23.3 Å². The Morgan fingerprint density at radius 2 is 2.07 bits per heavy atom. The third-order valence-corrected chi connectivity index (χ3v) is 6.33. The highest BCUT2D eigenvalue weighted by Crippen LogP contribution is 2.29. The predicted molar refractivity (Wildman–Crippen MR) is 97.6 cm³/mol. The molecule has 0 radical (unpaired) electrons. The molecule has 1 aliphatic heterocycles. The molecule has 0 saturated carbocycles. The maximum atomic E-state index is 12.4. The molecule has 2 atom stereocenters. The van der Waals surface area contributed by atoms with Crippen LogP contribution in [0.4, 0.5) is 0 Å².